The molecule has 0 unspecified atom stereocenters. The van der Waals surface area contributed by atoms with E-state index in [4.69, 9.17) is 0 Å². The number of alkyl halides is 3. The van der Waals surface area contributed by atoms with E-state index in [1.165, 1.54) is 6.42 Å². The number of aliphatic carboxylic acids is 1. The first-order valence-corrected chi connectivity index (χ1v) is 7.41. The highest BCUT2D eigenvalue weighted by molar-refractivity contribution is 5.87. The Morgan fingerprint density at radius 2 is 1.62 bits per heavy atom. The fourth-order valence-electron chi connectivity index (χ4n) is 3.67. The van der Waals surface area contributed by atoms with E-state index >= 15 is 0 Å². The van der Waals surface area contributed by atoms with E-state index < -0.39 is 24.1 Å². The number of carboxylic acid groups (broad SMARTS) is 1. The summed E-state index contributed by atoms with van der Waals surface area (Å²) in [7, 11) is 0. The van der Waals surface area contributed by atoms with Crippen LogP contribution in [-0.4, -0.2) is 40.6 Å². The van der Waals surface area contributed by atoms with Crippen molar-refractivity contribution in [3.63, 3.8) is 0 Å². The highest BCUT2D eigenvalue weighted by Crippen LogP contribution is 2.38. The van der Waals surface area contributed by atoms with Gasteiger partial charge in [0, 0.05) is 6.54 Å². The number of carbonyl (C=O) groups is 2. The maximum atomic E-state index is 12.5. The van der Waals surface area contributed by atoms with Crippen molar-refractivity contribution in [3.05, 3.63) is 0 Å². The molecule has 4 nitrogen and oxygen atoms in total. The van der Waals surface area contributed by atoms with E-state index in [2.05, 4.69) is 0 Å². The Kier molecular flexibility index (Phi) is 4.78. The van der Waals surface area contributed by atoms with Crippen molar-refractivity contribution in [1.29, 1.82) is 0 Å². The quantitative estimate of drug-likeness (QED) is 0.853. The van der Waals surface area contributed by atoms with Gasteiger partial charge in [0.05, 0.1) is 0 Å². The summed E-state index contributed by atoms with van der Waals surface area (Å²) < 4.78 is 37.6. The summed E-state index contributed by atoms with van der Waals surface area (Å²) in [6.07, 6.45) is 1.01. The number of likely N-dealkylation sites (tertiary alicyclic amines) is 1. The Morgan fingerprint density at radius 1 is 1.00 bits per heavy atom. The first-order valence-electron chi connectivity index (χ1n) is 7.41. The standard InChI is InChI=1S/C14H20F3NO3/c15-14(16,17)13(21)18-7-6-10(8-11(18)12(19)20)9-4-2-1-3-5-9/h9-11H,1-8H2,(H,19,20)/t10-,11+/m1/s1. The lowest BCUT2D eigenvalue weighted by atomic mass is 9.74. The smallest absolute Gasteiger partial charge is 0.471 e. The van der Waals surface area contributed by atoms with Crippen LogP contribution in [0.15, 0.2) is 0 Å². The minimum Gasteiger partial charge on any atom is -0.480 e. The lowest BCUT2D eigenvalue weighted by molar-refractivity contribution is -0.192. The molecule has 1 amide bonds. The monoisotopic (exact) mass is 307 g/mol. The highest BCUT2D eigenvalue weighted by Gasteiger charge is 2.48. The maximum Gasteiger partial charge on any atom is 0.471 e. The third kappa shape index (κ3) is 3.68. The Balaban J connectivity index is 2.07. The van der Waals surface area contributed by atoms with Crippen molar-refractivity contribution in [2.24, 2.45) is 11.8 Å². The van der Waals surface area contributed by atoms with Crippen LogP contribution in [0.4, 0.5) is 13.2 Å². The van der Waals surface area contributed by atoms with Crippen LogP contribution < -0.4 is 0 Å². The normalized spacial score (nSPS) is 28.4. The molecule has 0 aromatic heterocycles. The number of carbonyl (C=O) groups excluding carboxylic acids is 1. The molecule has 1 saturated heterocycles. The first-order chi connectivity index (χ1) is 9.80. The fraction of sp³-hybridized carbons (Fsp3) is 0.857. The number of carboxylic acids is 1. The Labute approximate surface area is 121 Å². The summed E-state index contributed by atoms with van der Waals surface area (Å²) in [6, 6.07) is -1.35. The molecule has 1 aliphatic carbocycles. The number of rotatable bonds is 2. The Bertz CT molecular complexity index is 405. The molecule has 1 saturated carbocycles. The molecule has 0 bridgehead atoms. The molecule has 2 rings (SSSR count). The van der Waals surface area contributed by atoms with Crippen molar-refractivity contribution in [2.75, 3.05) is 6.54 Å². The maximum absolute atomic E-state index is 12.5. The second-order valence-corrected chi connectivity index (χ2v) is 6.03. The van der Waals surface area contributed by atoms with Gasteiger partial charge in [-0.2, -0.15) is 13.2 Å². The van der Waals surface area contributed by atoms with Gasteiger partial charge in [-0.3, -0.25) is 4.79 Å². The Hall–Kier alpha value is -1.27. The van der Waals surface area contributed by atoms with Crippen LogP contribution in [0.2, 0.25) is 0 Å². The number of nitrogens with zero attached hydrogens (tertiary/aromatic N) is 1. The molecule has 0 radical (unpaired) electrons. The van der Waals surface area contributed by atoms with Gasteiger partial charge in [-0.05, 0) is 24.7 Å². The fourth-order valence-corrected chi connectivity index (χ4v) is 3.67. The third-order valence-corrected chi connectivity index (χ3v) is 4.75. The zero-order valence-electron chi connectivity index (χ0n) is 11.7. The molecule has 1 N–H and O–H groups in total. The average Bonchev–Trinajstić information content (AvgIpc) is 2.45. The molecule has 0 spiro atoms. The number of piperidine rings is 1. The SMILES string of the molecule is O=C(O)[C@@H]1C[C@H](C2CCCCC2)CCN1C(=O)C(F)(F)F. The summed E-state index contributed by atoms with van der Waals surface area (Å²) in [5.41, 5.74) is 0. The van der Waals surface area contributed by atoms with Gasteiger partial charge >= 0.3 is 18.1 Å². The van der Waals surface area contributed by atoms with Gasteiger partial charge in [0.1, 0.15) is 6.04 Å². The molecular formula is C14H20F3NO3. The third-order valence-electron chi connectivity index (χ3n) is 4.75. The van der Waals surface area contributed by atoms with Crippen molar-refractivity contribution >= 4 is 11.9 Å². The second-order valence-electron chi connectivity index (χ2n) is 6.03. The van der Waals surface area contributed by atoms with Gasteiger partial charge in [0.15, 0.2) is 0 Å². The second kappa shape index (κ2) is 6.23. The van der Waals surface area contributed by atoms with E-state index in [0.717, 1.165) is 25.7 Å². The average molecular weight is 307 g/mol. The summed E-state index contributed by atoms with van der Waals surface area (Å²) in [5, 5.41) is 9.18. The van der Waals surface area contributed by atoms with Gasteiger partial charge in [0.2, 0.25) is 0 Å². The van der Waals surface area contributed by atoms with Gasteiger partial charge < -0.3 is 10.0 Å². The van der Waals surface area contributed by atoms with Gasteiger partial charge in [0.25, 0.3) is 0 Å². The topological polar surface area (TPSA) is 57.6 Å². The van der Waals surface area contributed by atoms with Crippen LogP contribution in [0.1, 0.15) is 44.9 Å². The van der Waals surface area contributed by atoms with Crippen LogP contribution in [0.5, 0.6) is 0 Å². The number of hydrogen-bond donors (Lipinski definition) is 1. The van der Waals surface area contributed by atoms with E-state index in [1.807, 2.05) is 0 Å². The predicted octanol–water partition coefficient (Wildman–Crippen LogP) is 2.82. The van der Waals surface area contributed by atoms with E-state index in [0.29, 0.717) is 17.2 Å². The predicted molar refractivity (Wildman–Crippen MR) is 68.5 cm³/mol. The minimum atomic E-state index is -5.01. The summed E-state index contributed by atoms with van der Waals surface area (Å²) in [6.45, 7) is -0.115. The van der Waals surface area contributed by atoms with Crippen molar-refractivity contribution in [2.45, 2.75) is 57.2 Å². The molecule has 1 heterocycles. The molecule has 7 heteroatoms. The van der Waals surface area contributed by atoms with E-state index in [9.17, 15) is 27.9 Å². The lowest BCUT2D eigenvalue weighted by Gasteiger charge is -2.41. The largest absolute Gasteiger partial charge is 0.480 e. The minimum absolute atomic E-state index is 0.115. The van der Waals surface area contributed by atoms with Gasteiger partial charge in [-0.1, -0.05) is 32.1 Å². The molecule has 1 aliphatic heterocycles. The van der Waals surface area contributed by atoms with Crippen LogP contribution in [0.25, 0.3) is 0 Å². The van der Waals surface area contributed by atoms with Crippen LogP contribution in [0, 0.1) is 11.8 Å². The van der Waals surface area contributed by atoms with E-state index in [-0.39, 0.29) is 18.9 Å². The molecule has 120 valence electrons. The Morgan fingerprint density at radius 3 is 2.14 bits per heavy atom. The lowest BCUT2D eigenvalue weighted by Crippen LogP contribution is -2.54. The number of hydrogen-bond acceptors (Lipinski definition) is 2. The first kappa shape index (κ1) is 16.1. The van der Waals surface area contributed by atoms with Gasteiger partial charge in [-0.25, -0.2) is 4.79 Å². The molecule has 0 aromatic carbocycles. The van der Waals surface area contributed by atoms with Gasteiger partial charge in [-0.15, -0.1) is 0 Å². The summed E-state index contributed by atoms with van der Waals surface area (Å²) >= 11 is 0. The van der Waals surface area contributed by atoms with Crippen molar-refractivity contribution in [1.82, 2.24) is 4.90 Å². The number of amides is 1. The van der Waals surface area contributed by atoms with E-state index in [1.54, 1.807) is 0 Å². The molecular weight excluding hydrogens is 287 g/mol. The molecule has 2 fully saturated rings. The van der Waals surface area contributed by atoms with Crippen LogP contribution >= 0.6 is 0 Å². The molecule has 2 aliphatic rings. The van der Waals surface area contributed by atoms with Crippen LogP contribution in [-0.2, 0) is 9.59 Å². The van der Waals surface area contributed by atoms with Crippen molar-refractivity contribution in [3.8, 4) is 0 Å². The summed E-state index contributed by atoms with van der Waals surface area (Å²) in [4.78, 5) is 23.1. The zero-order valence-corrected chi connectivity index (χ0v) is 11.7. The highest BCUT2D eigenvalue weighted by atomic mass is 19.4. The van der Waals surface area contributed by atoms with Crippen LogP contribution in [0.3, 0.4) is 0 Å². The zero-order chi connectivity index (χ0) is 15.6. The summed E-state index contributed by atoms with van der Waals surface area (Å²) in [5.74, 6) is -2.86. The van der Waals surface area contributed by atoms with Crippen molar-refractivity contribution < 1.29 is 27.9 Å². The molecule has 0 aromatic rings. The number of halogens is 3. The molecule has 2 atom stereocenters. The molecule has 21 heavy (non-hydrogen) atoms.